The molecule has 2 aromatic rings. The molecule has 0 aliphatic carbocycles. The number of H-pyrrole nitrogens is 1. The molecule has 0 aliphatic rings. The maximum absolute atomic E-state index is 11.5. The summed E-state index contributed by atoms with van der Waals surface area (Å²) in [5, 5.41) is 3.57. The first-order valence-electron chi connectivity index (χ1n) is 7.95. The minimum Gasteiger partial charge on any atom is -0.464 e. The number of nitrogens with one attached hydrogen (secondary N) is 2. The zero-order valence-corrected chi connectivity index (χ0v) is 14.9. The number of methoxy groups -OCH3 is 1. The number of ether oxygens (including phenoxy) is 2. The normalized spacial score (nSPS) is 10.7. The molecule has 0 aliphatic heterocycles. The number of benzene rings is 1. The quantitative estimate of drug-likeness (QED) is 0.510. The van der Waals surface area contributed by atoms with Crippen LogP contribution in [0.15, 0.2) is 24.3 Å². The molecule has 0 radical (unpaired) electrons. The van der Waals surface area contributed by atoms with Crippen LogP contribution in [0.2, 0.25) is 0 Å². The van der Waals surface area contributed by atoms with Gasteiger partial charge in [-0.05, 0) is 39.0 Å². The highest BCUT2D eigenvalue weighted by Crippen LogP contribution is 2.17. The Labute approximate surface area is 146 Å². The van der Waals surface area contributed by atoms with Crippen molar-refractivity contribution in [3.05, 3.63) is 35.5 Å². The fourth-order valence-corrected chi connectivity index (χ4v) is 2.13. The van der Waals surface area contributed by atoms with E-state index in [1.165, 1.54) is 7.11 Å². The average Bonchev–Trinajstić information content (AvgIpc) is 2.95. The third kappa shape index (κ3) is 5.57. The SMILES string of the molecule is COC(=O)c1cc2ccc(C#CCCNC(=O)OC(C)(C)C)cc2[nH]1. The Bertz CT molecular complexity index is 834. The Hall–Kier alpha value is -2.94. The van der Waals surface area contributed by atoms with E-state index < -0.39 is 17.7 Å². The van der Waals surface area contributed by atoms with Gasteiger partial charge < -0.3 is 19.8 Å². The Morgan fingerprint density at radius 3 is 2.68 bits per heavy atom. The predicted octanol–water partition coefficient (Wildman–Crippen LogP) is 3.22. The summed E-state index contributed by atoms with van der Waals surface area (Å²) in [5.41, 5.74) is 1.54. The van der Waals surface area contributed by atoms with Gasteiger partial charge in [0, 0.05) is 29.4 Å². The molecule has 0 fully saturated rings. The van der Waals surface area contributed by atoms with Crippen molar-refractivity contribution in [1.29, 1.82) is 0 Å². The van der Waals surface area contributed by atoms with Crippen molar-refractivity contribution >= 4 is 23.0 Å². The number of carbonyl (C=O) groups is 2. The number of fused-ring (bicyclic) bond motifs is 1. The maximum atomic E-state index is 11.5. The van der Waals surface area contributed by atoms with Gasteiger partial charge in [0.15, 0.2) is 0 Å². The van der Waals surface area contributed by atoms with Crippen molar-refractivity contribution in [2.45, 2.75) is 32.8 Å². The van der Waals surface area contributed by atoms with Crippen LogP contribution >= 0.6 is 0 Å². The topological polar surface area (TPSA) is 80.4 Å². The lowest BCUT2D eigenvalue weighted by Gasteiger charge is -2.19. The smallest absolute Gasteiger partial charge is 0.407 e. The van der Waals surface area contributed by atoms with E-state index in [0.717, 1.165) is 16.5 Å². The zero-order chi connectivity index (χ0) is 18.4. The van der Waals surface area contributed by atoms with Crippen LogP contribution in [-0.4, -0.2) is 36.3 Å². The van der Waals surface area contributed by atoms with Gasteiger partial charge in [0.25, 0.3) is 0 Å². The number of hydrogen-bond donors (Lipinski definition) is 2. The third-order valence-electron chi connectivity index (χ3n) is 3.18. The molecule has 25 heavy (non-hydrogen) atoms. The van der Waals surface area contributed by atoms with E-state index in [9.17, 15) is 9.59 Å². The van der Waals surface area contributed by atoms with E-state index in [-0.39, 0.29) is 0 Å². The number of rotatable bonds is 3. The number of carbonyl (C=O) groups excluding carboxylic acids is 2. The van der Waals surface area contributed by atoms with E-state index in [0.29, 0.717) is 18.7 Å². The fraction of sp³-hybridized carbons (Fsp3) is 0.368. The monoisotopic (exact) mass is 342 g/mol. The van der Waals surface area contributed by atoms with Crippen LogP contribution in [0, 0.1) is 11.8 Å². The summed E-state index contributed by atoms with van der Waals surface area (Å²) in [7, 11) is 1.34. The van der Waals surface area contributed by atoms with Gasteiger partial charge in [-0.15, -0.1) is 0 Å². The summed E-state index contributed by atoms with van der Waals surface area (Å²) in [6, 6.07) is 7.38. The first-order chi connectivity index (χ1) is 11.8. The number of aromatic nitrogens is 1. The number of esters is 1. The van der Waals surface area contributed by atoms with Gasteiger partial charge in [-0.25, -0.2) is 9.59 Å². The van der Waals surface area contributed by atoms with Crippen LogP contribution < -0.4 is 5.32 Å². The number of amides is 1. The fourth-order valence-electron chi connectivity index (χ4n) is 2.13. The number of alkyl carbamates (subject to hydrolysis) is 1. The molecule has 0 spiro atoms. The highest BCUT2D eigenvalue weighted by Gasteiger charge is 2.15. The van der Waals surface area contributed by atoms with Crippen molar-refractivity contribution in [3.8, 4) is 11.8 Å². The van der Waals surface area contributed by atoms with Gasteiger partial charge in [0.2, 0.25) is 0 Å². The zero-order valence-electron chi connectivity index (χ0n) is 14.9. The number of aromatic amines is 1. The van der Waals surface area contributed by atoms with E-state index >= 15 is 0 Å². The van der Waals surface area contributed by atoms with Crippen molar-refractivity contribution < 1.29 is 19.1 Å². The molecule has 0 atom stereocenters. The largest absolute Gasteiger partial charge is 0.464 e. The average molecular weight is 342 g/mol. The molecule has 0 unspecified atom stereocenters. The van der Waals surface area contributed by atoms with E-state index in [4.69, 9.17) is 9.47 Å². The molecule has 1 aromatic carbocycles. The lowest BCUT2D eigenvalue weighted by Crippen LogP contribution is -2.32. The summed E-state index contributed by atoms with van der Waals surface area (Å²) in [6.45, 7) is 5.86. The lowest BCUT2D eigenvalue weighted by molar-refractivity contribution is 0.0527. The standard InChI is InChI=1S/C19H22N2O4/c1-19(2,3)25-18(23)20-10-6-5-7-13-8-9-14-12-16(17(22)24-4)21-15(14)11-13/h8-9,11-12,21H,6,10H2,1-4H3,(H,20,23). The minimum absolute atomic E-state index is 0.406. The summed E-state index contributed by atoms with van der Waals surface area (Å²) in [6.07, 6.45) is 0.0625. The maximum Gasteiger partial charge on any atom is 0.407 e. The van der Waals surface area contributed by atoms with Crippen molar-refractivity contribution in [3.63, 3.8) is 0 Å². The molecule has 6 heteroatoms. The van der Waals surface area contributed by atoms with Crippen molar-refractivity contribution in [2.75, 3.05) is 13.7 Å². The lowest BCUT2D eigenvalue weighted by atomic mass is 10.1. The van der Waals surface area contributed by atoms with Crippen LogP contribution in [0.25, 0.3) is 10.9 Å². The van der Waals surface area contributed by atoms with Crippen molar-refractivity contribution in [1.82, 2.24) is 10.3 Å². The van der Waals surface area contributed by atoms with Crippen LogP contribution in [0.3, 0.4) is 0 Å². The summed E-state index contributed by atoms with van der Waals surface area (Å²) >= 11 is 0. The van der Waals surface area contributed by atoms with Crippen LogP contribution in [0.5, 0.6) is 0 Å². The second-order valence-corrected chi connectivity index (χ2v) is 6.46. The first kappa shape index (κ1) is 18.4. The van der Waals surface area contributed by atoms with E-state index in [2.05, 4.69) is 22.1 Å². The third-order valence-corrected chi connectivity index (χ3v) is 3.18. The molecular weight excluding hydrogens is 320 g/mol. The molecule has 0 saturated heterocycles. The molecule has 2 N–H and O–H groups in total. The van der Waals surface area contributed by atoms with Gasteiger partial charge in [-0.2, -0.15) is 0 Å². The van der Waals surface area contributed by atoms with Gasteiger partial charge in [-0.1, -0.05) is 17.9 Å². The van der Waals surface area contributed by atoms with Gasteiger partial charge in [0.05, 0.1) is 7.11 Å². The minimum atomic E-state index is -0.510. The van der Waals surface area contributed by atoms with Crippen LogP contribution in [0.1, 0.15) is 43.2 Å². The van der Waals surface area contributed by atoms with Crippen LogP contribution in [0.4, 0.5) is 4.79 Å². The second-order valence-electron chi connectivity index (χ2n) is 6.46. The highest BCUT2D eigenvalue weighted by atomic mass is 16.6. The molecule has 6 nitrogen and oxygen atoms in total. The summed E-state index contributed by atoms with van der Waals surface area (Å²) in [4.78, 5) is 26.0. The van der Waals surface area contributed by atoms with E-state index in [1.54, 1.807) is 6.07 Å². The molecule has 0 bridgehead atoms. The predicted molar refractivity (Wildman–Crippen MR) is 95.4 cm³/mol. The Morgan fingerprint density at radius 2 is 2.00 bits per heavy atom. The van der Waals surface area contributed by atoms with E-state index in [1.807, 2.05) is 39.0 Å². The Balaban J connectivity index is 1.92. The van der Waals surface area contributed by atoms with Crippen LogP contribution in [-0.2, 0) is 9.47 Å². The molecule has 1 aromatic heterocycles. The highest BCUT2D eigenvalue weighted by molar-refractivity contribution is 5.95. The second kappa shape index (κ2) is 7.75. The Morgan fingerprint density at radius 1 is 1.24 bits per heavy atom. The van der Waals surface area contributed by atoms with Gasteiger partial charge in [-0.3, -0.25) is 0 Å². The number of hydrogen-bond acceptors (Lipinski definition) is 4. The molecular formula is C19H22N2O4. The Kier molecular flexibility index (Phi) is 5.71. The summed E-state index contributed by atoms with van der Waals surface area (Å²) in [5.74, 6) is 5.63. The van der Waals surface area contributed by atoms with Gasteiger partial charge in [0.1, 0.15) is 11.3 Å². The molecule has 1 heterocycles. The summed E-state index contributed by atoms with van der Waals surface area (Å²) < 4.78 is 9.84. The molecule has 132 valence electrons. The molecule has 2 rings (SSSR count). The first-order valence-corrected chi connectivity index (χ1v) is 7.95. The molecule has 0 saturated carbocycles. The molecule has 1 amide bonds. The van der Waals surface area contributed by atoms with Gasteiger partial charge >= 0.3 is 12.1 Å². The van der Waals surface area contributed by atoms with Crippen molar-refractivity contribution in [2.24, 2.45) is 0 Å².